The van der Waals surface area contributed by atoms with Crippen LogP contribution in [-0.2, 0) is 6.54 Å². The van der Waals surface area contributed by atoms with Crippen molar-refractivity contribution in [3.05, 3.63) is 29.0 Å². The van der Waals surface area contributed by atoms with Crippen molar-refractivity contribution in [2.45, 2.75) is 13.0 Å². The lowest BCUT2D eigenvalue weighted by Gasteiger charge is -2.14. The van der Waals surface area contributed by atoms with E-state index in [9.17, 15) is 0 Å². The number of pyridine rings is 1. The van der Waals surface area contributed by atoms with Crippen molar-refractivity contribution >= 4 is 11.6 Å². The quantitative estimate of drug-likeness (QED) is 0.848. The highest BCUT2D eigenvalue weighted by Gasteiger charge is 2.21. The number of likely N-dealkylation sites (tertiary alicyclic amines) is 1. The monoisotopic (exact) mass is 225 g/mol. The smallest absolute Gasteiger partial charge is 0.0558 e. The SMILES string of the molecule is NCC1CCN(Cc2cc(Cl)ccn2)C1. The molecule has 1 fully saturated rings. The van der Waals surface area contributed by atoms with Gasteiger partial charge in [0.25, 0.3) is 0 Å². The molecule has 4 heteroatoms. The van der Waals surface area contributed by atoms with Gasteiger partial charge in [-0.05, 0) is 37.6 Å². The number of hydrogen-bond acceptors (Lipinski definition) is 3. The Morgan fingerprint density at radius 2 is 2.47 bits per heavy atom. The van der Waals surface area contributed by atoms with E-state index in [1.54, 1.807) is 12.3 Å². The molecule has 15 heavy (non-hydrogen) atoms. The molecule has 0 aromatic carbocycles. The highest BCUT2D eigenvalue weighted by atomic mass is 35.5. The molecule has 1 aliphatic heterocycles. The van der Waals surface area contributed by atoms with E-state index in [0.29, 0.717) is 5.92 Å². The number of aromatic nitrogens is 1. The van der Waals surface area contributed by atoms with Gasteiger partial charge in [-0.1, -0.05) is 11.6 Å². The Labute approximate surface area is 95.2 Å². The summed E-state index contributed by atoms with van der Waals surface area (Å²) in [6, 6.07) is 3.73. The van der Waals surface area contributed by atoms with Crippen LogP contribution in [0.3, 0.4) is 0 Å². The van der Waals surface area contributed by atoms with E-state index in [0.717, 1.165) is 36.9 Å². The maximum atomic E-state index is 5.91. The van der Waals surface area contributed by atoms with E-state index in [1.165, 1.54) is 6.42 Å². The van der Waals surface area contributed by atoms with Crippen molar-refractivity contribution in [1.29, 1.82) is 0 Å². The van der Waals surface area contributed by atoms with Gasteiger partial charge in [0.05, 0.1) is 5.69 Å². The first-order chi connectivity index (χ1) is 7.28. The van der Waals surface area contributed by atoms with Gasteiger partial charge in [-0.15, -0.1) is 0 Å². The average molecular weight is 226 g/mol. The van der Waals surface area contributed by atoms with Crippen molar-refractivity contribution in [3.63, 3.8) is 0 Å². The van der Waals surface area contributed by atoms with E-state index >= 15 is 0 Å². The third kappa shape index (κ3) is 2.91. The standard InChI is InChI=1S/C11H16ClN3/c12-10-1-3-14-11(5-10)8-15-4-2-9(6-13)7-15/h1,3,5,9H,2,4,6-8,13H2. The molecule has 0 bridgehead atoms. The fraction of sp³-hybridized carbons (Fsp3) is 0.545. The van der Waals surface area contributed by atoms with Crippen LogP contribution < -0.4 is 5.73 Å². The fourth-order valence-electron chi connectivity index (χ4n) is 2.01. The zero-order valence-corrected chi connectivity index (χ0v) is 9.45. The van der Waals surface area contributed by atoms with Crippen LogP contribution >= 0.6 is 11.6 Å². The van der Waals surface area contributed by atoms with Crippen molar-refractivity contribution in [1.82, 2.24) is 9.88 Å². The van der Waals surface area contributed by atoms with Crippen molar-refractivity contribution in [2.24, 2.45) is 11.7 Å². The van der Waals surface area contributed by atoms with Crippen LogP contribution in [0, 0.1) is 5.92 Å². The zero-order valence-electron chi connectivity index (χ0n) is 8.69. The molecule has 1 aliphatic rings. The number of nitrogens with zero attached hydrogens (tertiary/aromatic N) is 2. The Bertz CT molecular complexity index is 329. The van der Waals surface area contributed by atoms with Gasteiger partial charge in [0, 0.05) is 24.3 Å². The van der Waals surface area contributed by atoms with Gasteiger partial charge < -0.3 is 5.73 Å². The summed E-state index contributed by atoms with van der Waals surface area (Å²) >= 11 is 5.91. The maximum absolute atomic E-state index is 5.91. The van der Waals surface area contributed by atoms with Gasteiger partial charge in [-0.2, -0.15) is 0 Å². The molecule has 0 aliphatic carbocycles. The third-order valence-electron chi connectivity index (χ3n) is 2.87. The van der Waals surface area contributed by atoms with Crippen LogP contribution in [-0.4, -0.2) is 29.5 Å². The lowest BCUT2D eigenvalue weighted by atomic mass is 10.1. The maximum Gasteiger partial charge on any atom is 0.0558 e. The van der Waals surface area contributed by atoms with Gasteiger partial charge in [0.1, 0.15) is 0 Å². The second-order valence-corrected chi connectivity index (χ2v) is 4.53. The molecule has 0 amide bonds. The molecule has 3 nitrogen and oxygen atoms in total. The largest absolute Gasteiger partial charge is 0.330 e. The Morgan fingerprint density at radius 3 is 3.13 bits per heavy atom. The zero-order chi connectivity index (χ0) is 10.7. The second kappa shape index (κ2) is 4.92. The first-order valence-corrected chi connectivity index (χ1v) is 5.68. The fourth-order valence-corrected chi connectivity index (χ4v) is 2.20. The molecule has 0 saturated carbocycles. The van der Waals surface area contributed by atoms with Gasteiger partial charge in [0.15, 0.2) is 0 Å². The second-order valence-electron chi connectivity index (χ2n) is 4.09. The predicted octanol–water partition coefficient (Wildman–Crippen LogP) is 1.52. The molecule has 82 valence electrons. The summed E-state index contributed by atoms with van der Waals surface area (Å²) in [5.74, 6) is 0.657. The van der Waals surface area contributed by atoms with Crippen LogP contribution in [0.5, 0.6) is 0 Å². The summed E-state index contributed by atoms with van der Waals surface area (Å²) in [6.45, 7) is 3.89. The van der Waals surface area contributed by atoms with Gasteiger partial charge in [-0.25, -0.2) is 0 Å². The summed E-state index contributed by atoms with van der Waals surface area (Å²) in [6.07, 6.45) is 2.96. The summed E-state index contributed by atoms with van der Waals surface area (Å²) in [4.78, 5) is 6.68. The molecule has 2 rings (SSSR count). The lowest BCUT2D eigenvalue weighted by molar-refractivity contribution is 0.314. The van der Waals surface area contributed by atoms with Crippen molar-refractivity contribution < 1.29 is 0 Å². The summed E-state index contributed by atoms with van der Waals surface area (Å²) in [7, 11) is 0. The van der Waals surface area contributed by atoms with E-state index < -0.39 is 0 Å². The Kier molecular flexibility index (Phi) is 3.57. The summed E-state index contributed by atoms with van der Waals surface area (Å²) in [5, 5.41) is 0.759. The minimum atomic E-state index is 0.657. The van der Waals surface area contributed by atoms with Crippen LogP contribution in [0.1, 0.15) is 12.1 Å². The minimum absolute atomic E-state index is 0.657. The predicted molar refractivity (Wildman–Crippen MR) is 61.7 cm³/mol. The van der Waals surface area contributed by atoms with E-state index in [-0.39, 0.29) is 0 Å². The molecule has 0 radical (unpaired) electrons. The molecule has 1 unspecified atom stereocenters. The molecule has 1 atom stereocenters. The molecule has 0 spiro atoms. The van der Waals surface area contributed by atoms with Crippen molar-refractivity contribution in [2.75, 3.05) is 19.6 Å². The number of nitrogens with two attached hydrogens (primary N) is 1. The topological polar surface area (TPSA) is 42.1 Å². The first-order valence-electron chi connectivity index (χ1n) is 5.31. The molecule has 2 N–H and O–H groups in total. The Balaban J connectivity index is 1.92. The number of hydrogen-bond donors (Lipinski definition) is 1. The molecule has 1 aromatic rings. The number of rotatable bonds is 3. The van der Waals surface area contributed by atoms with Crippen molar-refractivity contribution in [3.8, 4) is 0 Å². The highest BCUT2D eigenvalue weighted by molar-refractivity contribution is 6.30. The van der Waals surface area contributed by atoms with E-state index in [1.807, 2.05) is 6.07 Å². The molecule has 2 heterocycles. The Morgan fingerprint density at radius 1 is 1.60 bits per heavy atom. The van der Waals surface area contributed by atoms with Crippen LogP contribution in [0.25, 0.3) is 0 Å². The summed E-state index contributed by atoms with van der Waals surface area (Å²) in [5.41, 5.74) is 6.69. The molecular weight excluding hydrogens is 210 g/mol. The minimum Gasteiger partial charge on any atom is -0.330 e. The normalized spacial score (nSPS) is 22.1. The van der Waals surface area contributed by atoms with Crippen LogP contribution in [0.4, 0.5) is 0 Å². The third-order valence-corrected chi connectivity index (χ3v) is 3.10. The lowest BCUT2D eigenvalue weighted by Crippen LogP contribution is -2.23. The summed E-state index contributed by atoms with van der Waals surface area (Å²) < 4.78 is 0. The van der Waals surface area contributed by atoms with Gasteiger partial charge in [-0.3, -0.25) is 9.88 Å². The molecule has 1 aromatic heterocycles. The van der Waals surface area contributed by atoms with Gasteiger partial charge >= 0.3 is 0 Å². The van der Waals surface area contributed by atoms with E-state index in [4.69, 9.17) is 17.3 Å². The van der Waals surface area contributed by atoms with E-state index in [2.05, 4.69) is 9.88 Å². The molecular formula is C11H16ClN3. The average Bonchev–Trinajstić information content (AvgIpc) is 2.65. The van der Waals surface area contributed by atoms with Crippen LogP contribution in [0.2, 0.25) is 5.02 Å². The highest BCUT2D eigenvalue weighted by Crippen LogP contribution is 2.17. The number of halogens is 1. The van der Waals surface area contributed by atoms with Crippen LogP contribution in [0.15, 0.2) is 18.3 Å². The first kappa shape index (κ1) is 10.9. The van der Waals surface area contributed by atoms with Gasteiger partial charge in [0.2, 0.25) is 0 Å². The molecule has 1 saturated heterocycles. The Hall–Kier alpha value is -0.640.